The fraction of sp³-hybridized carbons (Fsp3) is 0.615. The van der Waals surface area contributed by atoms with Crippen molar-refractivity contribution < 1.29 is 9.47 Å². The quantitative estimate of drug-likeness (QED) is 0.848. The van der Waals surface area contributed by atoms with Gasteiger partial charge in [-0.1, -0.05) is 6.92 Å². The van der Waals surface area contributed by atoms with Gasteiger partial charge in [0.15, 0.2) is 0 Å². The van der Waals surface area contributed by atoms with E-state index in [1.807, 2.05) is 12.1 Å². The number of hydrogen-bond donors (Lipinski definition) is 1. The highest BCUT2D eigenvalue weighted by Crippen LogP contribution is 2.18. The predicted molar refractivity (Wildman–Crippen MR) is 65.9 cm³/mol. The summed E-state index contributed by atoms with van der Waals surface area (Å²) in [5.74, 6) is 1.33. The first-order valence-corrected chi connectivity index (χ1v) is 6.21. The molecule has 94 valence electrons. The lowest BCUT2D eigenvalue weighted by Crippen LogP contribution is -2.13. The number of nitrogens with two attached hydrogens (primary N) is 1. The first-order valence-electron chi connectivity index (χ1n) is 6.21. The van der Waals surface area contributed by atoms with Crippen molar-refractivity contribution in [1.82, 2.24) is 4.98 Å². The van der Waals surface area contributed by atoms with Gasteiger partial charge in [0.1, 0.15) is 5.75 Å². The second-order valence-corrected chi connectivity index (χ2v) is 4.47. The highest BCUT2D eigenvalue weighted by molar-refractivity contribution is 5.21. The first kappa shape index (κ1) is 12.3. The van der Waals surface area contributed by atoms with Gasteiger partial charge in [0, 0.05) is 18.6 Å². The Hall–Kier alpha value is -1.13. The van der Waals surface area contributed by atoms with Crippen LogP contribution in [0.15, 0.2) is 18.3 Å². The third-order valence-corrected chi connectivity index (χ3v) is 3.09. The summed E-state index contributed by atoms with van der Waals surface area (Å²) in [6, 6.07) is 3.90. The molecule has 0 bridgehead atoms. The van der Waals surface area contributed by atoms with Crippen LogP contribution >= 0.6 is 0 Å². The first-order chi connectivity index (χ1) is 8.29. The zero-order valence-corrected chi connectivity index (χ0v) is 10.3. The lowest BCUT2D eigenvalue weighted by atomic mass is 10.1. The van der Waals surface area contributed by atoms with Gasteiger partial charge in [-0.25, -0.2) is 0 Å². The van der Waals surface area contributed by atoms with E-state index in [1.165, 1.54) is 0 Å². The highest BCUT2D eigenvalue weighted by Gasteiger charge is 2.16. The van der Waals surface area contributed by atoms with Crippen LogP contribution in [0.5, 0.6) is 5.75 Å². The Morgan fingerprint density at radius 3 is 3.06 bits per heavy atom. The average molecular weight is 236 g/mol. The third kappa shape index (κ3) is 3.41. The smallest absolute Gasteiger partial charge is 0.137 e. The molecule has 17 heavy (non-hydrogen) atoms. The molecule has 1 fully saturated rings. The van der Waals surface area contributed by atoms with Crippen LogP contribution in [0.3, 0.4) is 0 Å². The summed E-state index contributed by atoms with van der Waals surface area (Å²) in [7, 11) is 0. The van der Waals surface area contributed by atoms with Crippen LogP contribution in [0.1, 0.15) is 31.5 Å². The van der Waals surface area contributed by atoms with E-state index in [4.69, 9.17) is 15.2 Å². The lowest BCUT2D eigenvalue weighted by Gasteiger charge is -2.11. The molecule has 0 radical (unpaired) electrons. The molecular formula is C13H20N2O2. The van der Waals surface area contributed by atoms with Gasteiger partial charge in [-0.2, -0.15) is 0 Å². The van der Waals surface area contributed by atoms with Crippen LogP contribution < -0.4 is 10.5 Å². The topological polar surface area (TPSA) is 57.4 Å². The van der Waals surface area contributed by atoms with Gasteiger partial charge in [0.25, 0.3) is 0 Å². The third-order valence-electron chi connectivity index (χ3n) is 3.09. The summed E-state index contributed by atoms with van der Waals surface area (Å²) in [5, 5.41) is 0. The fourth-order valence-corrected chi connectivity index (χ4v) is 1.83. The molecule has 2 atom stereocenters. The number of hydrogen-bond acceptors (Lipinski definition) is 4. The van der Waals surface area contributed by atoms with E-state index in [1.54, 1.807) is 6.20 Å². The minimum atomic E-state index is 0.0206. The summed E-state index contributed by atoms with van der Waals surface area (Å²) >= 11 is 0. The van der Waals surface area contributed by atoms with Gasteiger partial charge in [-0.3, -0.25) is 4.98 Å². The molecule has 1 aliphatic rings. The molecule has 0 spiro atoms. The Balaban J connectivity index is 1.84. The van der Waals surface area contributed by atoms with Gasteiger partial charge in [0.05, 0.1) is 25.1 Å². The molecule has 4 nitrogen and oxygen atoms in total. The lowest BCUT2D eigenvalue weighted by molar-refractivity contribution is 0.167. The summed E-state index contributed by atoms with van der Waals surface area (Å²) < 4.78 is 11.0. The molecule has 4 heteroatoms. The number of rotatable bonds is 5. The fourth-order valence-electron chi connectivity index (χ4n) is 1.83. The van der Waals surface area contributed by atoms with Gasteiger partial charge in [-0.15, -0.1) is 0 Å². The van der Waals surface area contributed by atoms with E-state index in [-0.39, 0.29) is 6.04 Å². The maximum Gasteiger partial charge on any atom is 0.137 e. The van der Waals surface area contributed by atoms with Crippen molar-refractivity contribution in [3.8, 4) is 5.75 Å². The highest BCUT2D eigenvalue weighted by atomic mass is 16.5. The summed E-state index contributed by atoms with van der Waals surface area (Å²) in [6.45, 7) is 4.43. The van der Waals surface area contributed by atoms with Crippen LogP contribution in [0, 0.1) is 5.92 Å². The second-order valence-electron chi connectivity index (χ2n) is 4.47. The molecular weight excluding hydrogens is 216 g/mol. The molecule has 0 aliphatic carbocycles. The number of aromatic nitrogens is 1. The van der Waals surface area contributed by atoms with Crippen molar-refractivity contribution in [2.24, 2.45) is 11.7 Å². The van der Waals surface area contributed by atoms with E-state index in [0.717, 1.165) is 37.5 Å². The van der Waals surface area contributed by atoms with Crippen molar-refractivity contribution in [2.75, 3.05) is 19.8 Å². The molecule has 0 saturated carbocycles. The minimum Gasteiger partial charge on any atom is -0.492 e. The predicted octanol–water partition coefficient (Wildman–Crippen LogP) is 1.91. The molecule has 1 aromatic rings. The zero-order valence-electron chi connectivity index (χ0n) is 10.3. The Labute approximate surface area is 102 Å². The SMILES string of the molecule is CCC(N)c1ccc(OCC2CCOC2)cn1. The molecule has 1 aliphatic heterocycles. The molecule has 2 unspecified atom stereocenters. The van der Waals surface area contributed by atoms with Crippen LogP contribution in [0.2, 0.25) is 0 Å². The van der Waals surface area contributed by atoms with Crippen molar-refractivity contribution in [3.05, 3.63) is 24.0 Å². The van der Waals surface area contributed by atoms with Gasteiger partial charge >= 0.3 is 0 Å². The summed E-state index contributed by atoms with van der Waals surface area (Å²) in [5.41, 5.74) is 6.82. The summed E-state index contributed by atoms with van der Waals surface area (Å²) in [6.07, 6.45) is 3.74. The molecule has 2 rings (SSSR count). The molecule has 1 saturated heterocycles. The molecule has 0 aromatic carbocycles. The van der Waals surface area contributed by atoms with Crippen molar-refractivity contribution in [1.29, 1.82) is 0 Å². The van der Waals surface area contributed by atoms with Gasteiger partial charge < -0.3 is 15.2 Å². The molecule has 2 N–H and O–H groups in total. The number of ether oxygens (including phenoxy) is 2. The number of nitrogens with zero attached hydrogens (tertiary/aromatic N) is 1. The van der Waals surface area contributed by atoms with Gasteiger partial charge in [-0.05, 0) is 25.0 Å². The van der Waals surface area contributed by atoms with Crippen molar-refractivity contribution in [3.63, 3.8) is 0 Å². The number of pyridine rings is 1. The van der Waals surface area contributed by atoms with Crippen LogP contribution in [0.4, 0.5) is 0 Å². The maximum atomic E-state index is 5.90. The second kappa shape index (κ2) is 5.98. The minimum absolute atomic E-state index is 0.0206. The normalized spacial score (nSPS) is 21.4. The van der Waals surface area contributed by atoms with Crippen LogP contribution in [-0.4, -0.2) is 24.8 Å². The molecule has 1 aromatic heterocycles. The van der Waals surface area contributed by atoms with E-state index in [2.05, 4.69) is 11.9 Å². The summed E-state index contributed by atoms with van der Waals surface area (Å²) in [4.78, 5) is 4.31. The van der Waals surface area contributed by atoms with Crippen LogP contribution in [0.25, 0.3) is 0 Å². The van der Waals surface area contributed by atoms with E-state index in [0.29, 0.717) is 12.5 Å². The Morgan fingerprint density at radius 2 is 2.47 bits per heavy atom. The largest absolute Gasteiger partial charge is 0.492 e. The van der Waals surface area contributed by atoms with Gasteiger partial charge in [0.2, 0.25) is 0 Å². The van der Waals surface area contributed by atoms with Crippen LogP contribution in [-0.2, 0) is 4.74 Å². The molecule has 2 heterocycles. The zero-order chi connectivity index (χ0) is 12.1. The van der Waals surface area contributed by atoms with E-state index >= 15 is 0 Å². The monoisotopic (exact) mass is 236 g/mol. The molecule has 0 amide bonds. The van der Waals surface area contributed by atoms with E-state index in [9.17, 15) is 0 Å². The Kier molecular flexibility index (Phi) is 4.34. The maximum absolute atomic E-state index is 5.90. The Morgan fingerprint density at radius 1 is 1.59 bits per heavy atom. The van der Waals surface area contributed by atoms with Crippen molar-refractivity contribution in [2.45, 2.75) is 25.8 Å². The van der Waals surface area contributed by atoms with E-state index < -0.39 is 0 Å². The Bertz CT molecular complexity index is 334. The van der Waals surface area contributed by atoms with Crippen molar-refractivity contribution >= 4 is 0 Å². The average Bonchev–Trinajstić information content (AvgIpc) is 2.89. The standard InChI is InChI=1S/C13H20N2O2/c1-2-12(14)13-4-3-11(7-15-13)17-9-10-5-6-16-8-10/h3-4,7,10,12H,2,5-6,8-9,14H2,1H3.